The first-order valence-electron chi connectivity index (χ1n) is 6.24. The number of ether oxygens (including phenoxy) is 1. The third-order valence-corrected chi connectivity index (χ3v) is 4.12. The number of halogens is 2. The molecule has 7 heteroatoms. The van der Waals surface area contributed by atoms with Crippen molar-refractivity contribution >= 4 is 33.2 Å². The normalized spacial score (nSPS) is 11.1. The zero-order chi connectivity index (χ0) is 15.1. The van der Waals surface area contributed by atoms with Crippen molar-refractivity contribution in [3.8, 4) is 17.1 Å². The molecule has 0 atom stereocenters. The Labute approximate surface area is 135 Å². The zero-order valence-electron chi connectivity index (χ0n) is 11.7. The predicted octanol–water partition coefficient (Wildman–Crippen LogP) is 3.83. The van der Waals surface area contributed by atoms with Gasteiger partial charge in [0.15, 0.2) is 16.6 Å². The fraction of sp³-hybridized carbons (Fsp3) is 0.214. The Kier molecular flexibility index (Phi) is 3.59. The molecule has 0 saturated heterocycles. The number of methoxy groups -OCH3 is 1. The maximum atomic E-state index is 6.16. The first-order chi connectivity index (χ1) is 10.0. The fourth-order valence-electron chi connectivity index (χ4n) is 2.20. The number of aromatic nitrogens is 4. The molecule has 21 heavy (non-hydrogen) atoms. The van der Waals surface area contributed by atoms with Crippen LogP contribution in [-0.2, 0) is 0 Å². The summed E-state index contributed by atoms with van der Waals surface area (Å²) in [6.07, 6.45) is 0. The van der Waals surface area contributed by atoms with E-state index in [-0.39, 0.29) is 0 Å². The van der Waals surface area contributed by atoms with Crippen LogP contribution in [0.15, 0.2) is 22.7 Å². The summed E-state index contributed by atoms with van der Waals surface area (Å²) in [6, 6.07) is 5.76. The van der Waals surface area contributed by atoms with Crippen LogP contribution in [0.1, 0.15) is 11.4 Å². The van der Waals surface area contributed by atoms with Gasteiger partial charge in [-0.1, -0.05) is 27.5 Å². The number of benzene rings is 1. The van der Waals surface area contributed by atoms with Crippen LogP contribution in [0.3, 0.4) is 0 Å². The van der Waals surface area contributed by atoms with Crippen molar-refractivity contribution in [2.24, 2.45) is 0 Å². The molecular formula is C14H12BrClN4O. The van der Waals surface area contributed by atoms with E-state index in [9.17, 15) is 0 Å². The van der Waals surface area contributed by atoms with E-state index in [0.717, 1.165) is 21.4 Å². The fourth-order valence-corrected chi connectivity index (χ4v) is 2.79. The van der Waals surface area contributed by atoms with Crippen molar-refractivity contribution in [3.63, 3.8) is 0 Å². The minimum absolute atomic E-state index is 0.341. The number of fused-ring (bicyclic) bond motifs is 1. The number of nitrogens with zero attached hydrogens (tertiary/aromatic N) is 4. The molecule has 0 fully saturated rings. The molecule has 2 aromatic heterocycles. The van der Waals surface area contributed by atoms with Gasteiger partial charge < -0.3 is 4.74 Å². The van der Waals surface area contributed by atoms with Gasteiger partial charge in [0.1, 0.15) is 5.75 Å². The van der Waals surface area contributed by atoms with Crippen LogP contribution in [0.2, 0.25) is 5.15 Å². The van der Waals surface area contributed by atoms with E-state index in [2.05, 4.69) is 31.1 Å². The van der Waals surface area contributed by atoms with Gasteiger partial charge in [-0.05, 0) is 32.0 Å². The Balaban J connectivity index is 2.36. The quantitative estimate of drug-likeness (QED) is 0.691. The van der Waals surface area contributed by atoms with E-state index in [0.29, 0.717) is 22.4 Å². The van der Waals surface area contributed by atoms with Crippen LogP contribution in [0.25, 0.3) is 17.0 Å². The lowest BCUT2D eigenvalue weighted by molar-refractivity contribution is 0.416. The molecule has 0 aliphatic carbocycles. The average Bonchev–Trinajstić information content (AvgIpc) is 2.90. The molecule has 0 spiro atoms. The van der Waals surface area contributed by atoms with Crippen molar-refractivity contribution in [1.82, 2.24) is 19.6 Å². The molecule has 0 amide bonds. The van der Waals surface area contributed by atoms with Crippen LogP contribution >= 0.6 is 27.5 Å². The van der Waals surface area contributed by atoms with Crippen molar-refractivity contribution < 1.29 is 4.74 Å². The molecule has 3 aromatic rings. The van der Waals surface area contributed by atoms with Crippen LogP contribution in [0.4, 0.5) is 0 Å². The lowest BCUT2D eigenvalue weighted by Crippen LogP contribution is -2.01. The van der Waals surface area contributed by atoms with E-state index in [1.165, 1.54) is 0 Å². The van der Waals surface area contributed by atoms with Gasteiger partial charge in [-0.15, -0.1) is 10.2 Å². The molecule has 5 nitrogen and oxygen atoms in total. The van der Waals surface area contributed by atoms with Crippen molar-refractivity contribution in [1.29, 1.82) is 0 Å². The summed E-state index contributed by atoms with van der Waals surface area (Å²) in [4.78, 5) is 4.27. The third-order valence-electron chi connectivity index (χ3n) is 3.38. The van der Waals surface area contributed by atoms with Crippen molar-refractivity contribution in [2.75, 3.05) is 7.11 Å². The molecule has 0 radical (unpaired) electrons. The molecule has 0 saturated carbocycles. The first kappa shape index (κ1) is 14.3. The predicted molar refractivity (Wildman–Crippen MR) is 85.0 cm³/mol. The summed E-state index contributed by atoms with van der Waals surface area (Å²) in [5, 5.41) is 8.75. The van der Waals surface area contributed by atoms with Gasteiger partial charge in [0.25, 0.3) is 0 Å². The molecule has 0 N–H and O–H groups in total. The van der Waals surface area contributed by atoms with E-state index in [1.807, 2.05) is 36.4 Å². The molecule has 0 aliphatic heterocycles. The minimum Gasteiger partial charge on any atom is -0.496 e. The molecule has 1 aromatic carbocycles. The number of hydrogen-bond acceptors (Lipinski definition) is 4. The first-order valence-corrected chi connectivity index (χ1v) is 7.41. The number of aryl methyl sites for hydroxylation is 2. The summed E-state index contributed by atoms with van der Waals surface area (Å²) in [7, 11) is 1.63. The molecular weight excluding hydrogens is 356 g/mol. The van der Waals surface area contributed by atoms with Gasteiger partial charge >= 0.3 is 0 Å². The Bertz CT molecular complexity index is 847. The van der Waals surface area contributed by atoms with Gasteiger partial charge in [-0.25, -0.2) is 4.98 Å². The number of hydrogen-bond donors (Lipinski definition) is 0. The number of rotatable bonds is 2. The average molecular weight is 368 g/mol. The Morgan fingerprint density at radius 3 is 2.71 bits per heavy atom. The van der Waals surface area contributed by atoms with E-state index in [1.54, 1.807) is 7.11 Å². The topological polar surface area (TPSA) is 52.3 Å². The second-order valence-electron chi connectivity index (χ2n) is 4.60. The molecule has 0 bridgehead atoms. The van der Waals surface area contributed by atoms with Crippen LogP contribution in [0, 0.1) is 13.8 Å². The van der Waals surface area contributed by atoms with Crippen LogP contribution in [-0.4, -0.2) is 26.7 Å². The van der Waals surface area contributed by atoms with Gasteiger partial charge in [-0.3, -0.25) is 4.40 Å². The van der Waals surface area contributed by atoms with Crippen LogP contribution < -0.4 is 4.74 Å². The van der Waals surface area contributed by atoms with Gasteiger partial charge in [0.05, 0.1) is 18.4 Å². The SMILES string of the molecule is COc1cc(Br)ccc1-c1nnc2c(Cl)nc(C)c(C)n12. The lowest BCUT2D eigenvalue weighted by atomic mass is 10.2. The largest absolute Gasteiger partial charge is 0.496 e. The van der Waals surface area contributed by atoms with Crippen molar-refractivity contribution in [3.05, 3.63) is 39.2 Å². The maximum absolute atomic E-state index is 6.16. The zero-order valence-corrected chi connectivity index (χ0v) is 14.0. The van der Waals surface area contributed by atoms with Crippen molar-refractivity contribution in [2.45, 2.75) is 13.8 Å². The minimum atomic E-state index is 0.341. The Morgan fingerprint density at radius 1 is 1.24 bits per heavy atom. The Hall–Kier alpha value is -1.66. The summed E-state index contributed by atoms with van der Waals surface area (Å²) in [5.41, 5.74) is 3.17. The van der Waals surface area contributed by atoms with Gasteiger partial charge in [0, 0.05) is 10.2 Å². The Morgan fingerprint density at radius 2 is 2.00 bits per heavy atom. The monoisotopic (exact) mass is 366 g/mol. The molecule has 3 rings (SSSR count). The maximum Gasteiger partial charge on any atom is 0.199 e. The highest BCUT2D eigenvalue weighted by Gasteiger charge is 2.18. The summed E-state index contributed by atoms with van der Waals surface area (Å²) in [6.45, 7) is 3.87. The van der Waals surface area contributed by atoms with E-state index < -0.39 is 0 Å². The lowest BCUT2D eigenvalue weighted by Gasteiger charge is -2.10. The van der Waals surface area contributed by atoms with Gasteiger partial charge in [0.2, 0.25) is 0 Å². The van der Waals surface area contributed by atoms with E-state index >= 15 is 0 Å². The van der Waals surface area contributed by atoms with Gasteiger partial charge in [-0.2, -0.15) is 0 Å². The highest BCUT2D eigenvalue weighted by molar-refractivity contribution is 9.10. The highest BCUT2D eigenvalue weighted by Crippen LogP contribution is 2.33. The second-order valence-corrected chi connectivity index (χ2v) is 5.87. The van der Waals surface area contributed by atoms with E-state index in [4.69, 9.17) is 16.3 Å². The summed E-state index contributed by atoms with van der Waals surface area (Å²) in [5.74, 6) is 1.39. The smallest absolute Gasteiger partial charge is 0.199 e. The summed E-state index contributed by atoms with van der Waals surface area (Å²) >= 11 is 9.59. The molecule has 108 valence electrons. The van der Waals surface area contributed by atoms with Crippen LogP contribution in [0.5, 0.6) is 5.75 Å². The molecule has 0 aliphatic rings. The standard InChI is InChI=1S/C14H12BrClN4O/c1-7-8(2)20-13(18-19-14(20)12(16)17-7)10-5-4-9(15)6-11(10)21-3/h4-6H,1-3H3. The third kappa shape index (κ3) is 2.28. The molecule has 2 heterocycles. The second kappa shape index (κ2) is 5.27. The summed E-state index contributed by atoms with van der Waals surface area (Å²) < 4.78 is 8.27. The molecule has 0 unspecified atom stereocenters. The highest BCUT2D eigenvalue weighted by atomic mass is 79.9.